The highest BCUT2D eigenvalue weighted by Crippen LogP contribution is 2.29. The van der Waals surface area contributed by atoms with Crippen molar-refractivity contribution in [2.45, 2.75) is 11.8 Å². The smallest absolute Gasteiger partial charge is 0.259 e. The van der Waals surface area contributed by atoms with Gasteiger partial charge in [-0.2, -0.15) is 0 Å². The van der Waals surface area contributed by atoms with Crippen LogP contribution in [0.2, 0.25) is 0 Å². The van der Waals surface area contributed by atoms with Crippen molar-refractivity contribution >= 4 is 37.8 Å². The fourth-order valence-corrected chi connectivity index (χ4v) is 4.92. The monoisotopic (exact) mass is 491 g/mol. The molecule has 5 rings (SSSR count). The van der Waals surface area contributed by atoms with Gasteiger partial charge in [-0.15, -0.1) is 0 Å². The van der Waals surface area contributed by atoms with Crippen LogP contribution in [-0.4, -0.2) is 55.4 Å². The fourth-order valence-electron chi connectivity index (χ4n) is 4.06. The first-order chi connectivity index (χ1) is 16.9. The number of hydrogen-bond donors (Lipinski definition) is 2. The van der Waals surface area contributed by atoms with Crippen molar-refractivity contribution in [1.29, 1.82) is 0 Å². The summed E-state index contributed by atoms with van der Waals surface area (Å²) in [5.74, 6) is 0.355. The summed E-state index contributed by atoms with van der Waals surface area (Å²) >= 11 is 0. The van der Waals surface area contributed by atoms with Crippen molar-refractivity contribution in [3.8, 4) is 11.3 Å². The van der Waals surface area contributed by atoms with Gasteiger partial charge in [-0.3, -0.25) is 9.78 Å². The summed E-state index contributed by atoms with van der Waals surface area (Å²) < 4.78 is 30.1. The van der Waals surface area contributed by atoms with E-state index in [0.29, 0.717) is 41.1 Å². The van der Waals surface area contributed by atoms with Gasteiger partial charge in [0, 0.05) is 48.6 Å². The van der Waals surface area contributed by atoms with E-state index in [1.54, 1.807) is 37.5 Å². The molecule has 0 atom stereocenters. The number of pyridine rings is 3. The maximum absolute atomic E-state index is 12.7. The zero-order valence-electron chi connectivity index (χ0n) is 19.2. The van der Waals surface area contributed by atoms with Crippen LogP contribution in [0.3, 0.4) is 0 Å². The van der Waals surface area contributed by atoms with E-state index >= 15 is 0 Å². The van der Waals surface area contributed by atoms with Gasteiger partial charge >= 0.3 is 0 Å². The van der Waals surface area contributed by atoms with Gasteiger partial charge in [0.2, 0.25) is 0 Å². The van der Waals surface area contributed by atoms with Crippen LogP contribution in [0.25, 0.3) is 22.0 Å². The molecular formula is C25H25N5O4S. The number of fused-ring (bicyclic) bond motifs is 1. The van der Waals surface area contributed by atoms with Crippen molar-refractivity contribution in [2.24, 2.45) is 0 Å². The van der Waals surface area contributed by atoms with Crippen LogP contribution in [-0.2, 0) is 14.6 Å². The molecule has 0 saturated carbocycles. The van der Waals surface area contributed by atoms with Gasteiger partial charge in [-0.1, -0.05) is 6.92 Å². The predicted molar refractivity (Wildman–Crippen MR) is 136 cm³/mol. The zero-order valence-corrected chi connectivity index (χ0v) is 20.0. The molecule has 1 saturated heterocycles. The van der Waals surface area contributed by atoms with E-state index < -0.39 is 9.84 Å². The van der Waals surface area contributed by atoms with E-state index in [4.69, 9.17) is 9.72 Å². The second kappa shape index (κ2) is 9.47. The van der Waals surface area contributed by atoms with Gasteiger partial charge in [-0.05, 0) is 47.9 Å². The number of aromatic nitrogens is 3. The number of nitrogens with zero attached hydrogens (tertiary/aromatic N) is 3. The summed E-state index contributed by atoms with van der Waals surface area (Å²) in [6.45, 7) is 4.70. The lowest BCUT2D eigenvalue weighted by Crippen LogP contribution is -2.36. The van der Waals surface area contributed by atoms with Gasteiger partial charge < -0.3 is 19.9 Å². The number of morpholine rings is 1. The van der Waals surface area contributed by atoms with Crippen molar-refractivity contribution < 1.29 is 13.2 Å². The molecule has 0 unspecified atom stereocenters. The number of benzene rings is 1. The minimum atomic E-state index is -3.42. The molecule has 2 N–H and O–H groups in total. The molecular weight excluding hydrogens is 466 g/mol. The molecule has 0 bridgehead atoms. The van der Waals surface area contributed by atoms with Gasteiger partial charge in [0.05, 0.1) is 34.9 Å². The molecule has 1 aliphatic rings. The average Bonchev–Trinajstić information content (AvgIpc) is 2.89. The largest absolute Gasteiger partial charge is 0.378 e. The number of aromatic amines is 1. The maximum Gasteiger partial charge on any atom is 0.259 e. The van der Waals surface area contributed by atoms with Gasteiger partial charge in [0.25, 0.3) is 5.56 Å². The fraction of sp³-hybridized carbons (Fsp3) is 0.240. The van der Waals surface area contributed by atoms with Crippen LogP contribution < -0.4 is 15.8 Å². The van der Waals surface area contributed by atoms with E-state index in [0.717, 1.165) is 24.5 Å². The first-order valence-corrected chi connectivity index (χ1v) is 13.0. The molecule has 0 aliphatic carbocycles. The minimum Gasteiger partial charge on any atom is -0.378 e. The average molecular weight is 492 g/mol. The Morgan fingerprint density at radius 2 is 1.86 bits per heavy atom. The second-order valence-electron chi connectivity index (χ2n) is 8.21. The minimum absolute atomic E-state index is 0.0219. The first-order valence-electron chi connectivity index (χ1n) is 11.3. The molecule has 9 nitrogen and oxygen atoms in total. The van der Waals surface area contributed by atoms with Crippen LogP contribution in [0, 0.1) is 0 Å². The Bertz CT molecular complexity index is 1530. The molecule has 1 aliphatic heterocycles. The van der Waals surface area contributed by atoms with Crippen molar-refractivity contribution in [2.75, 3.05) is 42.3 Å². The standard InChI is InChI=1S/C25H25N5O4S/c1-2-35(32,33)21-13-18(15-26-16-21)22-14-17-7-8-27-25(31)23(17)24(29-22)28-19-3-5-20(6-4-19)30-9-11-34-12-10-30/h3-8,13-16H,2,9-12H2,1H3,(H,27,31)(H,28,29). The third-order valence-corrected chi connectivity index (χ3v) is 7.71. The highest BCUT2D eigenvalue weighted by molar-refractivity contribution is 7.91. The molecule has 4 aromatic rings. The Kier molecular flexibility index (Phi) is 6.23. The first kappa shape index (κ1) is 23.0. The number of nitrogens with one attached hydrogen (secondary N) is 2. The molecule has 4 heterocycles. The number of H-pyrrole nitrogens is 1. The highest BCUT2D eigenvalue weighted by Gasteiger charge is 2.16. The SMILES string of the molecule is CCS(=O)(=O)c1cncc(-c2cc3cc[nH]c(=O)c3c(Nc3ccc(N4CCOCC4)cc3)n2)c1. The lowest BCUT2D eigenvalue weighted by atomic mass is 10.1. The van der Waals surface area contributed by atoms with Crippen LogP contribution in [0.4, 0.5) is 17.2 Å². The van der Waals surface area contributed by atoms with Crippen LogP contribution in [0.1, 0.15) is 6.92 Å². The van der Waals surface area contributed by atoms with E-state index in [2.05, 4.69) is 20.2 Å². The van der Waals surface area contributed by atoms with Gasteiger partial charge in [0.1, 0.15) is 5.82 Å². The van der Waals surface area contributed by atoms with Crippen molar-refractivity contribution in [3.63, 3.8) is 0 Å². The van der Waals surface area contributed by atoms with E-state index in [-0.39, 0.29) is 16.2 Å². The Hall–Kier alpha value is -3.76. The Labute approximate surface area is 202 Å². The quantitative estimate of drug-likeness (QED) is 0.422. The van der Waals surface area contributed by atoms with E-state index in [9.17, 15) is 13.2 Å². The Balaban J connectivity index is 1.54. The van der Waals surface area contributed by atoms with Crippen molar-refractivity contribution in [1.82, 2.24) is 15.0 Å². The van der Waals surface area contributed by atoms with E-state index in [1.807, 2.05) is 24.3 Å². The number of sulfone groups is 1. The molecule has 35 heavy (non-hydrogen) atoms. The third kappa shape index (κ3) is 4.75. The summed E-state index contributed by atoms with van der Waals surface area (Å²) in [5, 5.41) is 4.36. The number of rotatable bonds is 6. The van der Waals surface area contributed by atoms with E-state index in [1.165, 1.54) is 6.20 Å². The highest BCUT2D eigenvalue weighted by atomic mass is 32.2. The Morgan fingerprint density at radius 3 is 2.60 bits per heavy atom. The normalized spacial score (nSPS) is 14.3. The molecule has 3 aromatic heterocycles. The van der Waals surface area contributed by atoms with Crippen LogP contribution >= 0.6 is 0 Å². The summed E-state index contributed by atoms with van der Waals surface area (Å²) in [4.78, 5) is 26.6. The summed E-state index contributed by atoms with van der Waals surface area (Å²) in [7, 11) is -3.42. The van der Waals surface area contributed by atoms with Crippen LogP contribution in [0.15, 0.2) is 70.7 Å². The van der Waals surface area contributed by atoms with Gasteiger partial charge in [-0.25, -0.2) is 13.4 Å². The molecule has 1 fully saturated rings. The number of anilines is 3. The lowest BCUT2D eigenvalue weighted by molar-refractivity contribution is 0.122. The summed E-state index contributed by atoms with van der Waals surface area (Å²) in [5.41, 5.74) is 2.66. The molecule has 10 heteroatoms. The molecule has 0 spiro atoms. The summed E-state index contributed by atoms with van der Waals surface area (Å²) in [6, 6.07) is 13.0. The second-order valence-corrected chi connectivity index (χ2v) is 10.5. The maximum atomic E-state index is 12.7. The topological polar surface area (TPSA) is 117 Å². The van der Waals surface area contributed by atoms with Crippen molar-refractivity contribution in [3.05, 3.63) is 71.4 Å². The zero-order chi connectivity index (χ0) is 24.4. The lowest BCUT2D eigenvalue weighted by Gasteiger charge is -2.28. The number of hydrogen-bond acceptors (Lipinski definition) is 8. The third-order valence-electron chi connectivity index (χ3n) is 6.01. The van der Waals surface area contributed by atoms with Gasteiger partial charge in [0.15, 0.2) is 9.84 Å². The Morgan fingerprint density at radius 1 is 1.09 bits per heavy atom. The van der Waals surface area contributed by atoms with Crippen LogP contribution in [0.5, 0.6) is 0 Å². The molecule has 0 radical (unpaired) electrons. The molecule has 180 valence electrons. The molecule has 0 amide bonds. The summed E-state index contributed by atoms with van der Waals surface area (Å²) in [6.07, 6.45) is 4.48. The number of ether oxygens (including phenoxy) is 1. The predicted octanol–water partition coefficient (Wildman–Crippen LogP) is 3.36. The molecule has 1 aromatic carbocycles.